The molecule has 0 rings (SSSR count). The zero-order valence-electron chi connectivity index (χ0n) is 9.00. The van der Waals surface area contributed by atoms with Crippen molar-refractivity contribution < 1.29 is 0 Å². The Labute approximate surface area is 86.1 Å². The third-order valence-corrected chi connectivity index (χ3v) is 2.90. The molecular weight excluding hydrogens is 180 g/mol. The van der Waals surface area contributed by atoms with E-state index in [1.807, 2.05) is 11.8 Å². The molecule has 0 spiro atoms. The van der Waals surface area contributed by atoms with E-state index in [1.165, 1.54) is 0 Å². The lowest BCUT2D eigenvalue weighted by Crippen LogP contribution is -2.35. The lowest BCUT2D eigenvalue weighted by molar-refractivity contribution is 0.560. The molecule has 0 bridgehead atoms. The molecule has 0 fully saturated rings. The van der Waals surface area contributed by atoms with Crippen LogP contribution in [0.5, 0.6) is 0 Å². The molecule has 1 unspecified atom stereocenters. The first-order valence-electron chi connectivity index (χ1n) is 4.79. The fourth-order valence-corrected chi connectivity index (χ4v) is 1.96. The summed E-state index contributed by atoms with van der Waals surface area (Å²) in [4.78, 5) is 0. The van der Waals surface area contributed by atoms with Gasteiger partial charge in [0, 0.05) is 11.8 Å². The molecule has 0 aliphatic carbocycles. The summed E-state index contributed by atoms with van der Waals surface area (Å²) in [5.41, 5.74) is 0. The summed E-state index contributed by atoms with van der Waals surface area (Å²) >= 11 is 1.85. The van der Waals surface area contributed by atoms with Crippen LogP contribution in [-0.2, 0) is 0 Å². The largest absolute Gasteiger partial charge is 0.299 e. The van der Waals surface area contributed by atoms with Crippen molar-refractivity contribution in [3.63, 3.8) is 0 Å². The lowest BCUT2D eigenvalue weighted by Gasteiger charge is -2.14. The fourth-order valence-electron chi connectivity index (χ4n) is 0.947. The van der Waals surface area contributed by atoms with Gasteiger partial charge in [-0.3, -0.25) is 5.32 Å². The SMILES string of the molecule is CC(C)CSCC(C#N)NC(C)C. The summed E-state index contributed by atoms with van der Waals surface area (Å²) < 4.78 is 0. The van der Waals surface area contributed by atoms with Gasteiger partial charge in [0.05, 0.1) is 6.07 Å². The minimum absolute atomic E-state index is 0.00347. The minimum Gasteiger partial charge on any atom is -0.299 e. The second kappa shape index (κ2) is 7.23. The minimum atomic E-state index is 0.00347. The summed E-state index contributed by atoms with van der Waals surface area (Å²) in [6, 6.07) is 2.67. The molecular formula is C10H20N2S. The highest BCUT2D eigenvalue weighted by atomic mass is 32.2. The van der Waals surface area contributed by atoms with E-state index in [0.29, 0.717) is 12.0 Å². The van der Waals surface area contributed by atoms with Crippen LogP contribution in [-0.4, -0.2) is 23.6 Å². The number of hydrogen-bond donors (Lipinski definition) is 1. The van der Waals surface area contributed by atoms with Crippen LogP contribution in [0.2, 0.25) is 0 Å². The van der Waals surface area contributed by atoms with Gasteiger partial charge in [-0.2, -0.15) is 17.0 Å². The maximum atomic E-state index is 8.81. The fraction of sp³-hybridized carbons (Fsp3) is 0.900. The quantitative estimate of drug-likeness (QED) is 0.714. The van der Waals surface area contributed by atoms with Crippen LogP contribution in [0.1, 0.15) is 27.7 Å². The van der Waals surface area contributed by atoms with Crippen LogP contribution in [0.15, 0.2) is 0 Å². The highest BCUT2D eigenvalue weighted by molar-refractivity contribution is 7.99. The second-order valence-electron chi connectivity index (χ2n) is 3.93. The Balaban J connectivity index is 3.56. The van der Waals surface area contributed by atoms with E-state index in [4.69, 9.17) is 5.26 Å². The van der Waals surface area contributed by atoms with E-state index in [9.17, 15) is 0 Å². The first kappa shape index (κ1) is 12.8. The van der Waals surface area contributed by atoms with Crippen molar-refractivity contribution >= 4 is 11.8 Å². The van der Waals surface area contributed by atoms with Crippen molar-refractivity contribution in [3.8, 4) is 6.07 Å². The van der Waals surface area contributed by atoms with Gasteiger partial charge in [0.25, 0.3) is 0 Å². The van der Waals surface area contributed by atoms with Gasteiger partial charge in [0.1, 0.15) is 6.04 Å². The highest BCUT2D eigenvalue weighted by Gasteiger charge is 2.08. The number of nitrogens with one attached hydrogen (secondary N) is 1. The molecule has 76 valence electrons. The first-order valence-corrected chi connectivity index (χ1v) is 5.95. The van der Waals surface area contributed by atoms with Gasteiger partial charge >= 0.3 is 0 Å². The number of nitrogens with zero attached hydrogens (tertiary/aromatic N) is 1. The summed E-state index contributed by atoms with van der Waals surface area (Å²) in [7, 11) is 0. The molecule has 1 N–H and O–H groups in total. The van der Waals surface area contributed by atoms with E-state index in [0.717, 1.165) is 11.5 Å². The van der Waals surface area contributed by atoms with Gasteiger partial charge in [-0.15, -0.1) is 0 Å². The van der Waals surface area contributed by atoms with Crippen molar-refractivity contribution in [2.75, 3.05) is 11.5 Å². The van der Waals surface area contributed by atoms with Crippen molar-refractivity contribution in [3.05, 3.63) is 0 Å². The topological polar surface area (TPSA) is 35.8 Å². The van der Waals surface area contributed by atoms with Crippen LogP contribution < -0.4 is 5.32 Å². The summed E-state index contributed by atoms with van der Waals surface area (Å²) in [5.74, 6) is 2.74. The molecule has 0 aliphatic heterocycles. The number of rotatable bonds is 6. The zero-order chi connectivity index (χ0) is 10.3. The number of hydrogen-bond acceptors (Lipinski definition) is 3. The van der Waals surface area contributed by atoms with Gasteiger partial charge in [0.15, 0.2) is 0 Å². The maximum Gasteiger partial charge on any atom is 0.105 e. The van der Waals surface area contributed by atoms with Crippen LogP contribution in [0.3, 0.4) is 0 Å². The van der Waals surface area contributed by atoms with Crippen molar-refractivity contribution in [2.45, 2.75) is 39.8 Å². The Morgan fingerprint density at radius 2 is 1.85 bits per heavy atom. The molecule has 1 atom stereocenters. The molecule has 0 amide bonds. The molecule has 0 saturated carbocycles. The third kappa shape index (κ3) is 8.14. The highest BCUT2D eigenvalue weighted by Crippen LogP contribution is 2.08. The first-order chi connectivity index (χ1) is 6.06. The summed E-state index contributed by atoms with van der Waals surface area (Å²) in [6.45, 7) is 8.53. The molecule has 0 heterocycles. The Morgan fingerprint density at radius 1 is 1.23 bits per heavy atom. The standard InChI is InChI=1S/C10H20N2S/c1-8(2)6-13-7-10(5-11)12-9(3)4/h8-10,12H,6-7H2,1-4H3. The average Bonchev–Trinajstić information content (AvgIpc) is 2.01. The van der Waals surface area contributed by atoms with E-state index in [1.54, 1.807) is 0 Å². The predicted octanol–water partition coefficient (Wildman–Crippen LogP) is 2.27. The van der Waals surface area contributed by atoms with Gasteiger partial charge in [-0.1, -0.05) is 13.8 Å². The zero-order valence-corrected chi connectivity index (χ0v) is 9.82. The smallest absolute Gasteiger partial charge is 0.105 e. The average molecular weight is 200 g/mol. The Kier molecular flexibility index (Phi) is 7.12. The second-order valence-corrected chi connectivity index (χ2v) is 5.01. The Morgan fingerprint density at radius 3 is 2.23 bits per heavy atom. The molecule has 2 nitrogen and oxygen atoms in total. The normalized spacial score (nSPS) is 13.3. The molecule has 13 heavy (non-hydrogen) atoms. The van der Waals surface area contributed by atoms with Crippen molar-refractivity contribution in [1.29, 1.82) is 5.26 Å². The van der Waals surface area contributed by atoms with Crippen LogP contribution in [0.25, 0.3) is 0 Å². The Hall–Kier alpha value is -0.200. The van der Waals surface area contributed by atoms with Gasteiger partial charge < -0.3 is 0 Å². The summed E-state index contributed by atoms with van der Waals surface area (Å²) in [6.07, 6.45) is 0. The van der Waals surface area contributed by atoms with Gasteiger partial charge in [-0.05, 0) is 25.5 Å². The van der Waals surface area contributed by atoms with E-state index in [-0.39, 0.29) is 6.04 Å². The number of thioether (sulfide) groups is 1. The maximum absolute atomic E-state index is 8.81. The number of nitriles is 1. The third-order valence-electron chi connectivity index (χ3n) is 1.43. The van der Waals surface area contributed by atoms with Crippen LogP contribution >= 0.6 is 11.8 Å². The van der Waals surface area contributed by atoms with Gasteiger partial charge in [-0.25, -0.2) is 0 Å². The molecule has 0 aromatic carbocycles. The molecule has 0 aromatic rings. The van der Waals surface area contributed by atoms with Crippen molar-refractivity contribution in [1.82, 2.24) is 5.32 Å². The van der Waals surface area contributed by atoms with Crippen LogP contribution in [0, 0.1) is 17.2 Å². The van der Waals surface area contributed by atoms with E-state index >= 15 is 0 Å². The molecule has 0 saturated heterocycles. The van der Waals surface area contributed by atoms with E-state index < -0.39 is 0 Å². The van der Waals surface area contributed by atoms with Crippen LogP contribution in [0.4, 0.5) is 0 Å². The summed E-state index contributed by atoms with van der Waals surface area (Å²) in [5, 5.41) is 12.0. The molecule has 0 radical (unpaired) electrons. The van der Waals surface area contributed by atoms with Crippen molar-refractivity contribution in [2.24, 2.45) is 5.92 Å². The monoisotopic (exact) mass is 200 g/mol. The molecule has 0 aliphatic rings. The molecule has 3 heteroatoms. The predicted molar refractivity (Wildman–Crippen MR) is 59.8 cm³/mol. The van der Waals surface area contributed by atoms with Gasteiger partial charge in [0.2, 0.25) is 0 Å². The molecule has 0 aromatic heterocycles. The Bertz CT molecular complexity index is 161. The lowest BCUT2D eigenvalue weighted by atomic mass is 10.3. The van der Waals surface area contributed by atoms with E-state index in [2.05, 4.69) is 39.1 Å².